The number of carbonyl (C=O) groups is 1. The van der Waals surface area contributed by atoms with Crippen LogP contribution in [-0.2, 0) is 12.0 Å². The van der Waals surface area contributed by atoms with E-state index in [2.05, 4.69) is 20.4 Å². The summed E-state index contributed by atoms with van der Waals surface area (Å²) in [6, 6.07) is 19.2. The van der Waals surface area contributed by atoms with E-state index in [4.69, 9.17) is 11.6 Å². The fourth-order valence-corrected chi connectivity index (χ4v) is 4.59. The standard InChI is InChI=1S/C26H26ClF2N3O2/c27-20-13-14-23(30-17-20)26(16-18-7-2-1-3-8-18,32-25(33)31-21-10-4-5-11-21)19-9-6-12-22(15-19)34-24(28)29/h1-3,6-9,12-15,17,21,24H,4-5,10-11,16H2,(H2,31,32,33)/t26-/m0/s1. The van der Waals surface area contributed by atoms with Gasteiger partial charge in [-0.15, -0.1) is 0 Å². The van der Waals surface area contributed by atoms with Gasteiger partial charge < -0.3 is 15.4 Å². The molecule has 5 nitrogen and oxygen atoms in total. The van der Waals surface area contributed by atoms with Gasteiger partial charge in [0, 0.05) is 18.7 Å². The number of alkyl halides is 2. The van der Waals surface area contributed by atoms with E-state index in [1.807, 2.05) is 30.3 Å². The number of urea groups is 1. The number of carbonyl (C=O) groups excluding carboxylic acids is 1. The van der Waals surface area contributed by atoms with Crippen molar-refractivity contribution in [1.82, 2.24) is 15.6 Å². The molecule has 0 aliphatic heterocycles. The number of benzene rings is 2. The maximum Gasteiger partial charge on any atom is 0.387 e. The molecule has 0 saturated heterocycles. The van der Waals surface area contributed by atoms with Gasteiger partial charge in [-0.05, 0) is 48.2 Å². The van der Waals surface area contributed by atoms with Crippen LogP contribution in [0.15, 0.2) is 72.9 Å². The van der Waals surface area contributed by atoms with Crippen LogP contribution in [0, 0.1) is 0 Å². The zero-order chi connectivity index (χ0) is 24.0. The third kappa shape index (κ3) is 5.83. The van der Waals surface area contributed by atoms with Crippen molar-refractivity contribution in [3.8, 4) is 5.75 Å². The third-order valence-electron chi connectivity index (χ3n) is 6.05. The molecule has 3 aromatic rings. The van der Waals surface area contributed by atoms with E-state index in [-0.39, 0.29) is 17.8 Å². The predicted molar refractivity (Wildman–Crippen MR) is 127 cm³/mol. The van der Waals surface area contributed by atoms with Crippen LogP contribution in [0.1, 0.15) is 42.5 Å². The number of amides is 2. The van der Waals surface area contributed by atoms with Crippen LogP contribution in [0.2, 0.25) is 5.02 Å². The largest absolute Gasteiger partial charge is 0.435 e. The summed E-state index contributed by atoms with van der Waals surface area (Å²) in [4.78, 5) is 17.8. The second-order valence-electron chi connectivity index (χ2n) is 8.42. The molecular weight excluding hydrogens is 460 g/mol. The van der Waals surface area contributed by atoms with Gasteiger partial charge in [-0.3, -0.25) is 4.98 Å². The molecule has 1 aliphatic rings. The zero-order valence-electron chi connectivity index (χ0n) is 18.5. The number of rotatable bonds is 8. The lowest BCUT2D eigenvalue weighted by atomic mass is 9.80. The minimum absolute atomic E-state index is 0.00287. The zero-order valence-corrected chi connectivity index (χ0v) is 19.3. The van der Waals surface area contributed by atoms with Crippen LogP contribution < -0.4 is 15.4 Å². The maximum absolute atomic E-state index is 13.3. The van der Waals surface area contributed by atoms with E-state index < -0.39 is 12.2 Å². The molecule has 2 amide bonds. The van der Waals surface area contributed by atoms with Gasteiger partial charge in [0.15, 0.2) is 0 Å². The lowest BCUT2D eigenvalue weighted by molar-refractivity contribution is -0.0499. The first-order chi connectivity index (χ1) is 16.4. The number of pyridine rings is 1. The van der Waals surface area contributed by atoms with Crippen molar-refractivity contribution in [2.45, 2.75) is 50.3 Å². The molecule has 8 heteroatoms. The number of halogens is 3. The minimum atomic E-state index is -2.97. The normalized spacial score (nSPS) is 15.6. The van der Waals surface area contributed by atoms with Crippen LogP contribution in [0.4, 0.5) is 13.6 Å². The SMILES string of the molecule is O=C(NC1CCCC1)N[C@@](Cc1ccccc1)(c1cccc(OC(F)F)c1)c1ccc(Cl)cn1. The number of nitrogens with zero attached hydrogens (tertiary/aromatic N) is 1. The highest BCUT2D eigenvalue weighted by molar-refractivity contribution is 6.30. The second kappa shape index (κ2) is 10.8. The first kappa shape index (κ1) is 24.0. The third-order valence-corrected chi connectivity index (χ3v) is 6.27. The Morgan fingerprint density at radius 2 is 1.85 bits per heavy atom. The monoisotopic (exact) mass is 485 g/mol. The Morgan fingerprint density at radius 1 is 1.09 bits per heavy atom. The van der Waals surface area contributed by atoms with Crippen molar-refractivity contribution < 1.29 is 18.3 Å². The molecule has 1 heterocycles. The quantitative estimate of drug-likeness (QED) is 0.407. The van der Waals surface area contributed by atoms with Gasteiger partial charge in [0.25, 0.3) is 0 Å². The van der Waals surface area contributed by atoms with Crippen LogP contribution in [0.25, 0.3) is 0 Å². The average molecular weight is 486 g/mol. The Morgan fingerprint density at radius 3 is 2.53 bits per heavy atom. The molecule has 4 rings (SSSR count). The molecule has 1 aliphatic carbocycles. The summed E-state index contributed by atoms with van der Waals surface area (Å²) in [5.74, 6) is -0.00287. The minimum Gasteiger partial charge on any atom is -0.435 e. The van der Waals surface area contributed by atoms with Crippen molar-refractivity contribution in [3.63, 3.8) is 0 Å². The Kier molecular flexibility index (Phi) is 7.63. The van der Waals surface area contributed by atoms with Crippen molar-refractivity contribution in [2.24, 2.45) is 0 Å². The summed E-state index contributed by atoms with van der Waals surface area (Å²) >= 11 is 6.10. The lowest BCUT2D eigenvalue weighted by Gasteiger charge is -2.36. The smallest absolute Gasteiger partial charge is 0.387 e. The van der Waals surface area contributed by atoms with Crippen LogP contribution in [-0.4, -0.2) is 23.7 Å². The highest BCUT2D eigenvalue weighted by Crippen LogP contribution is 2.35. The highest BCUT2D eigenvalue weighted by atomic mass is 35.5. The Hall–Kier alpha value is -3.19. The van der Waals surface area contributed by atoms with Gasteiger partial charge in [-0.1, -0.05) is 66.9 Å². The first-order valence-corrected chi connectivity index (χ1v) is 11.6. The van der Waals surface area contributed by atoms with Gasteiger partial charge in [0.05, 0.1) is 10.7 Å². The molecule has 1 saturated carbocycles. The topological polar surface area (TPSA) is 63.2 Å². The molecule has 1 fully saturated rings. The molecule has 0 unspecified atom stereocenters. The summed E-state index contributed by atoms with van der Waals surface area (Å²) in [6.07, 6.45) is 5.84. The van der Waals surface area contributed by atoms with E-state index in [1.165, 1.54) is 18.3 Å². The highest BCUT2D eigenvalue weighted by Gasteiger charge is 2.39. The molecule has 0 bridgehead atoms. The van der Waals surface area contributed by atoms with Crippen molar-refractivity contribution >= 4 is 17.6 Å². The number of nitrogens with one attached hydrogen (secondary N) is 2. The van der Waals surface area contributed by atoms with Crippen molar-refractivity contribution in [1.29, 1.82) is 0 Å². The number of aromatic nitrogens is 1. The fourth-order valence-electron chi connectivity index (χ4n) is 4.47. The van der Waals surface area contributed by atoms with E-state index in [0.717, 1.165) is 31.2 Å². The number of ether oxygens (including phenoxy) is 1. The van der Waals surface area contributed by atoms with Gasteiger partial charge in [-0.2, -0.15) is 8.78 Å². The first-order valence-electron chi connectivity index (χ1n) is 11.2. The molecule has 34 heavy (non-hydrogen) atoms. The fraction of sp³-hybridized carbons (Fsp3) is 0.308. The van der Waals surface area contributed by atoms with E-state index >= 15 is 0 Å². The average Bonchev–Trinajstić information content (AvgIpc) is 3.32. The molecule has 1 aromatic heterocycles. The summed E-state index contributed by atoms with van der Waals surface area (Å²) < 4.78 is 30.6. The summed E-state index contributed by atoms with van der Waals surface area (Å²) in [5.41, 5.74) is 0.846. The lowest BCUT2D eigenvalue weighted by Crippen LogP contribution is -2.54. The predicted octanol–water partition coefficient (Wildman–Crippen LogP) is 6.06. The Bertz CT molecular complexity index is 1090. The molecule has 2 N–H and O–H groups in total. The van der Waals surface area contributed by atoms with Gasteiger partial charge in [0.2, 0.25) is 0 Å². The molecule has 2 aromatic carbocycles. The molecule has 0 radical (unpaired) electrons. The number of hydrogen-bond acceptors (Lipinski definition) is 3. The number of hydrogen-bond donors (Lipinski definition) is 2. The van der Waals surface area contributed by atoms with Crippen molar-refractivity contribution in [3.05, 3.63) is 94.8 Å². The Balaban J connectivity index is 1.81. The van der Waals surface area contributed by atoms with Crippen molar-refractivity contribution in [2.75, 3.05) is 0 Å². The van der Waals surface area contributed by atoms with E-state index in [1.54, 1.807) is 24.3 Å². The van der Waals surface area contributed by atoms with E-state index in [0.29, 0.717) is 22.7 Å². The van der Waals surface area contributed by atoms with E-state index in [9.17, 15) is 13.6 Å². The van der Waals surface area contributed by atoms with Gasteiger partial charge in [-0.25, -0.2) is 4.79 Å². The van der Waals surface area contributed by atoms with Crippen LogP contribution in [0.3, 0.4) is 0 Å². The summed E-state index contributed by atoms with van der Waals surface area (Å²) in [6.45, 7) is -2.97. The molecule has 1 atom stereocenters. The summed E-state index contributed by atoms with van der Waals surface area (Å²) in [5, 5.41) is 6.65. The van der Waals surface area contributed by atoms with Gasteiger partial charge >= 0.3 is 12.6 Å². The van der Waals surface area contributed by atoms with Crippen LogP contribution >= 0.6 is 11.6 Å². The maximum atomic E-state index is 13.3. The Labute approximate surface area is 202 Å². The molecule has 0 spiro atoms. The van der Waals surface area contributed by atoms with Gasteiger partial charge in [0.1, 0.15) is 11.3 Å². The second-order valence-corrected chi connectivity index (χ2v) is 8.85. The van der Waals surface area contributed by atoms with Crippen LogP contribution in [0.5, 0.6) is 5.75 Å². The summed E-state index contributed by atoms with van der Waals surface area (Å²) in [7, 11) is 0. The molecule has 178 valence electrons. The molecular formula is C26H26ClF2N3O2.